The second-order valence-electron chi connectivity index (χ2n) is 8.26. The van der Waals surface area contributed by atoms with Crippen molar-refractivity contribution >= 4 is 21.6 Å². The predicted molar refractivity (Wildman–Crippen MR) is 128 cm³/mol. The number of hydrogen-bond acceptors (Lipinski definition) is 3. The number of sulfonamides is 1. The first kappa shape index (κ1) is 24.9. The highest BCUT2D eigenvalue weighted by Crippen LogP contribution is 2.28. The first-order valence-corrected chi connectivity index (χ1v) is 12.6. The topological polar surface area (TPSA) is 66.5 Å². The fourth-order valence-corrected chi connectivity index (χ4v) is 5.01. The number of nitrogens with one attached hydrogen (secondary N) is 1. The molecule has 170 valence electrons. The van der Waals surface area contributed by atoms with Crippen molar-refractivity contribution in [2.45, 2.75) is 65.2 Å². The molecule has 0 radical (unpaired) electrons. The Bertz CT molecular complexity index is 969. The lowest BCUT2D eigenvalue weighted by Crippen LogP contribution is -2.42. The zero-order valence-electron chi connectivity index (χ0n) is 19.4. The molecule has 0 aromatic heterocycles. The number of rotatable bonds is 11. The molecule has 0 fully saturated rings. The van der Waals surface area contributed by atoms with E-state index in [1.807, 2.05) is 32.9 Å². The molecule has 5 nitrogen and oxygen atoms in total. The fourth-order valence-electron chi connectivity index (χ4n) is 3.53. The van der Waals surface area contributed by atoms with Crippen molar-refractivity contribution in [3.63, 3.8) is 0 Å². The van der Waals surface area contributed by atoms with Crippen molar-refractivity contribution in [1.82, 2.24) is 5.32 Å². The number of hydrogen-bond donors (Lipinski definition) is 1. The number of anilines is 1. The molecule has 0 aliphatic heterocycles. The summed E-state index contributed by atoms with van der Waals surface area (Å²) in [6.07, 6.45) is 4.31. The van der Waals surface area contributed by atoms with Crippen LogP contribution in [0.15, 0.2) is 47.4 Å². The summed E-state index contributed by atoms with van der Waals surface area (Å²) in [7, 11) is -3.89. The summed E-state index contributed by atoms with van der Waals surface area (Å²) in [5.41, 5.74) is 3.34. The highest BCUT2D eigenvalue weighted by atomic mass is 32.2. The van der Waals surface area contributed by atoms with Gasteiger partial charge in [0.15, 0.2) is 0 Å². The fraction of sp³-hybridized carbons (Fsp3) is 0.480. The van der Waals surface area contributed by atoms with E-state index in [9.17, 15) is 13.2 Å². The molecule has 1 atom stereocenters. The van der Waals surface area contributed by atoms with Crippen LogP contribution in [-0.4, -0.2) is 27.4 Å². The van der Waals surface area contributed by atoms with Crippen LogP contribution in [0.1, 0.15) is 56.2 Å². The molecular formula is C25H36N2O3S. The van der Waals surface area contributed by atoms with Crippen LogP contribution < -0.4 is 9.62 Å². The third-order valence-corrected chi connectivity index (χ3v) is 7.65. The van der Waals surface area contributed by atoms with Crippen LogP contribution in [0.4, 0.5) is 5.69 Å². The van der Waals surface area contributed by atoms with Crippen molar-refractivity contribution in [2.75, 3.05) is 17.4 Å². The van der Waals surface area contributed by atoms with E-state index < -0.39 is 10.0 Å². The summed E-state index contributed by atoms with van der Waals surface area (Å²) in [5.74, 6) is 0.123. The molecule has 0 saturated heterocycles. The molecule has 31 heavy (non-hydrogen) atoms. The summed E-state index contributed by atoms with van der Waals surface area (Å²) in [6.45, 7) is 10.3. The molecule has 2 aromatic carbocycles. The minimum atomic E-state index is -3.89. The van der Waals surface area contributed by atoms with Gasteiger partial charge in [-0.25, -0.2) is 8.42 Å². The Morgan fingerprint density at radius 3 is 2.32 bits per heavy atom. The number of benzene rings is 2. The van der Waals surface area contributed by atoms with Gasteiger partial charge >= 0.3 is 0 Å². The van der Waals surface area contributed by atoms with Crippen molar-refractivity contribution in [1.29, 1.82) is 0 Å². The van der Waals surface area contributed by atoms with Crippen LogP contribution in [0.5, 0.6) is 0 Å². The van der Waals surface area contributed by atoms with Gasteiger partial charge in [-0.1, -0.05) is 62.9 Å². The lowest BCUT2D eigenvalue weighted by atomic mass is 9.99. The van der Waals surface area contributed by atoms with Crippen molar-refractivity contribution in [3.8, 4) is 0 Å². The third-order valence-electron chi connectivity index (χ3n) is 5.87. The van der Waals surface area contributed by atoms with Crippen LogP contribution in [-0.2, 0) is 14.8 Å². The quantitative estimate of drug-likeness (QED) is 0.522. The Balaban J connectivity index is 2.31. The smallest absolute Gasteiger partial charge is 0.264 e. The lowest BCUT2D eigenvalue weighted by Gasteiger charge is -2.26. The molecule has 2 aromatic rings. The largest absolute Gasteiger partial charge is 0.354 e. The average molecular weight is 445 g/mol. The van der Waals surface area contributed by atoms with Gasteiger partial charge in [-0.15, -0.1) is 0 Å². The van der Waals surface area contributed by atoms with E-state index in [1.165, 1.54) is 4.31 Å². The summed E-state index contributed by atoms with van der Waals surface area (Å²) >= 11 is 0. The first-order valence-electron chi connectivity index (χ1n) is 11.1. The Labute approximate surface area is 187 Å². The number of carbonyl (C=O) groups is 1. The van der Waals surface area contributed by atoms with Crippen LogP contribution in [0.25, 0.3) is 0 Å². The number of nitrogens with zero attached hydrogens (tertiary/aromatic N) is 1. The van der Waals surface area contributed by atoms with Crippen molar-refractivity contribution in [2.24, 2.45) is 5.92 Å². The molecule has 6 heteroatoms. The Morgan fingerprint density at radius 1 is 1.03 bits per heavy atom. The Morgan fingerprint density at radius 2 is 1.71 bits per heavy atom. The maximum absolute atomic E-state index is 13.5. The predicted octanol–water partition coefficient (Wildman–Crippen LogP) is 5.14. The highest BCUT2D eigenvalue weighted by Gasteiger charge is 2.28. The summed E-state index contributed by atoms with van der Waals surface area (Å²) in [4.78, 5) is 13.0. The van der Waals surface area contributed by atoms with Gasteiger partial charge in [0.1, 0.15) is 6.54 Å². The number of amides is 1. The maximum atomic E-state index is 13.5. The maximum Gasteiger partial charge on any atom is 0.264 e. The van der Waals surface area contributed by atoms with Gasteiger partial charge in [-0.3, -0.25) is 9.10 Å². The van der Waals surface area contributed by atoms with E-state index in [4.69, 9.17) is 0 Å². The first-order chi connectivity index (χ1) is 14.7. The Kier molecular flexibility index (Phi) is 9.11. The molecule has 0 unspecified atom stereocenters. The van der Waals surface area contributed by atoms with Gasteiger partial charge < -0.3 is 5.32 Å². The molecule has 0 spiro atoms. The van der Waals surface area contributed by atoms with Gasteiger partial charge in [0.2, 0.25) is 5.91 Å². The van der Waals surface area contributed by atoms with Crippen LogP contribution >= 0.6 is 0 Å². The Hall–Kier alpha value is -2.34. The molecule has 1 amide bonds. The molecule has 0 heterocycles. The minimum Gasteiger partial charge on any atom is -0.354 e. The molecule has 0 aliphatic rings. The SMILES string of the molecule is CCCC[C@@H](CC)CNC(=O)CN(c1cccc(C)c1C)S(=O)(=O)c1ccc(C)cc1. The van der Waals surface area contributed by atoms with Crippen LogP contribution in [0, 0.1) is 26.7 Å². The summed E-state index contributed by atoms with van der Waals surface area (Å²) < 4.78 is 28.3. The van der Waals surface area contributed by atoms with E-state index in [0.29, 0.717) is 18.2 Å². The van der Waals surface area contributed by atoms with Gasteiger partial charge in [0, 0.05) is 6.54 Å². The molecule has 0 saturated carbocycles. The van der Waals surface area contributed by atoms with Gasteiger partial charge in [-0.2, -0.15) is 0 Å². The highest BCUT2D eigenvalue weighted by molar-refractivity contribution is 7.92. The monoisotopic (exact) mass is 444 g/mol. The zero-order chi connectivity index (χ0) is 23.0. The van der Waals surface area contributed by atoms with E-state index in [2.05, 4.69) is 19.2 Å². The third kappa shape index (κ3) is 6.57. The van der Waals surface area contributed by atoms with Crippen molar-refractivity contribution in [3.05, 3.63) is 59.2 Å². The molecule has 0 bridgehead atoms. The second kappa shape index (κ2) is 11.3. The van der Waals surface area contributed by atoms with E-state index in [1.54, 1.807) is 30.3 Å². The molecule has 2 rings (SSSR count). The van der Waals surface area contributed by atoms with Crippen LogP contribution in [0.2, 0.25) is 0 Å². The average Bonchev–Trinajstić information content (AvgIpc) is 2.74. The molecule has 1 N–H and O–H groups in total. The minimum absolute atomic E-state index is 0.182. The van der Waals surface area contributed by atoms with Gasteiger partial charge in [-0.05, 0) is 62.4 Å². The number of aryl methyl sites for hydroxylation is 2. The van der Waals surface area contributed by atoms with Crippen molar-refractivity contribution < 1.29 is 13.2 Å². The van der Waals surface area contributed by atoms with Gasteiger partial charge in [0.25, 0.3) is 10.0 Å². The number of carbonyl (C=O) groups excluding carboxylic acids is 1. The molecular weight excluding hydrogens is 408 g/mol. The molecule has 0 aliphatic carbocycles. The normalized spacial score (nSPS) is 12.4. The number of unbranched alkanes of at least 4 members (excludes halogenated alkanes) is 1. The van der Waals surface area contributed by atoms with E-state index in [0.717, 1.165) is 42.4 Å². The van der Waals surface area contributed by atoms with E-state index >= 15 is 0 Å². The van der Waals surface area contributed by atoms with Gasteiger partial charge in [0.05, 0.1) is 10.6 Å². The standard InChI is InChI=1S/C25H36N2O3S/c1-6-8-11-22(7-2)17-26-25(28)18-27(24-12-9-10-20(4)21(24)5)31(29,30)23-15-13-19(3)14-16-23/h9-10,12-16,22H,6-8,11,17-18H2,1-5H3,(H,26,28)/t22-/m1/s1. The lowest BCUT2D eigenvalue weighted by molar-refractivity contribution is -0.119. The van der Waals surface area contributed by atoms with E-state index in [-0.39, 0.29) is 17.3 Å². The zero-order valence-corrected chi connectivity index (χ0v) is 20.3. The second-order valence-corrected chi connectivity index (χ2v) is 10.1. The summed E-state index contributed by atoms with van der Waals surface area (Å²) in [6, 6.07) is 12.3. The van der Waals surface area contributed by atoms with Crippen LogP contribution in [0.3, 0.4) is 0 Å². The summed E-state index contributed by atoms with van der Waals surface area (Å²) in [5, 5.41) is 2.96.